The van der Waals surface area contributed by atoms with Crippen LogP contribution < -0.4 is 11.2 Å². The number of fused-ring (bicyclic) bond motifs is 5. The number of pyridine rings is 1. The van der Waals surface area contributed by atoms with Crippen LogP contribution in [0.3, 0.4) is 0 Å². The van der Waals surface area contributed by atoms with E-state index in [4.69, 9.17) is 4.42 Å². The van der Waals surface area contributed by atoms with E-state index in [0.717, 1.165) is 12.1 Å². The summed E-state index contributed by atoms with van der Waals surface area (Å²) in [6.07, 6.45) is 2.21. The molecule has 4 heterocycles. The maximum atomic E-state index is 13.5. The third-order valence-corrected chi connectivity index (χ3v) is 6.86. The van der Waals surface area contributed by atoms with Crippen molar-refractivity contribution in [2.45, 2.75) is 38.8 Å². The molecule has 1 amide bonds. The summed E-state index contributed by atoms with van der Waals surface area (Å²) < 4.78 is 7.14. The highest BCUT2D eigenvalue weighted by atomic mass is 16.4. The molecule has 176 valence electrons. The van der Waals surface area contributed by atoms with E-state index >= 15 is 0 Å². The minimum absolute atomic E-state index is 0.00524. The van der Waals surface area contributed by atoms with Gasteiger partial charge in [0, 0.05) is 43.5 Å². The fraction of sp³-hybridized carbons (Fsp3) is 0.385. The predicted octanol–water partition coefficient (Wildman–Crippen LogP) is 2.75. The molecule has 0 aliphatic carbocycles. The average Bonchev–Trinajstić information content (AvgIpc) is 2.81. The topological polar surface area (TPSA) is 105 Å². The molecule has 2 aromatic heterocycles. The smallest absolute Gasteiger partial charge is 0.348 e. The molecule has 0 spiro atoms. The number of para-hydroxylation sites is 1. The van der Waals surface area contributed by atoms with Gasteiger partial charge in [-0.25, -0.2) is 4.79 Å². The summed E-state index contributed by atoms with van der Waals surface area (Å²) >= 11 is 0. The van der Waals surface area contributed by atoms with Crippen LogP contribution in [0.2, 0.25) is 0 Å². The molecule has 0 saturated carbocycles. The van der Waals surface area contributed by atoms with E-state index in [1.807, 2.05) is 29.4 Å². The Kier molecular flexibility index (Phi) is 5.59. The van der Waals surface area contributed by atoms with Crippen LogP contribution >= 0.6 is 0 Å². The first-order valence-electron chi connectivity index (χ1n) is 11.6. The first kappa shape index (κ1) is 22.1. The molecule has 8 nitrogen and oxygen atoms in total. The zero-order chi connectivity index (χ0) is 24.0. The average molecular weight is 462 g/mol. The highest BCUT2D eigenvalue weighted by Gasteiger charge is 2.38. The quantitative estimate of drug-likeness (QED) is 0.475. The van der Waals surface area contributed by atoms with Gasteiger partial charge in [-0.2, -0.15) is 0 Å². The van der Waals surface area contributed by atoms with Gasteiger partial charge in [0.05, 0.1) is 5.39 Å². The van der Waals surface area contributed by atoms with E-state index in [9.17, 15) is 19.5 Å². The number of aromatic nitrogens is 1. The first-order valence-corrected chi connectivity index (χ1v) is 11.6. The third kappa shape index (κ3) is 3.83. The van der Waals surface area contributed by atoms with Gasteiger partial charge in [-0.3, -0.25) is 14.6 Å². The molecule has 3 atom stereocenters. The number of rotatable bonds is 4. The second kappa shape index (κ2) is 8.59. The number of benzene rings is 1. The van der Waals surface area contributed by atoms with Gasteiger partial charge in [0.25, 0.3) is 5.56 Å². The van der Waals surface area contributed by atoms with Crippen LogP contribution in [0.1, 0.15) is 37.4 Å². The Morgan fingerprint density at radius 1 is 1.12 bits per heavy atom. The summed E-state index contributed by atoms with van der Waals surface area (Å²) in [6, 6.07) is 11.3. The summed E-state index contributed by atoms with van der Waals surface area (Å²) in [7, 11) is 0. The van der Waals surface area contributed by atoms with E-state index in [0.29, 0.717) is 25.0 Å². The highest BCUT2D eigenvalue weighted by Crippen LogP contribution is 2.35. The molecular weight excluding hydrogens is 434 g/mol. The van der Waals surface area contributed by atoms with Crippen LogP contribution in [0.5, 0.6) is 5.75 Å². The molecule has 34 heavy (non-hydrogen) atoms. The molecule has 0 radical (unpaired) electrons. The second-order valence-electron chi connectivity index (χ2n) is 9.56. The lowest BCUT2D eigenvalue weighted by Gasteiger charge is -2.43. The van der Waals surface area contributed by atoms with Crippen molar-refractivity contribution >= 4 is 23.1 Å². The van der Waals surface area contributed by atoms with Crippen LogP contribution in [0.25, 0.3) is 11.0 Å². The van der Waals surface area contributed by atoms with Crippen molar-refractivity contribution < 1.29 is 14.3 Å². The van der Waals surface area contributed by atoms with Crippen molar-refractivity contribution in [2.75, 3.05) is 13.1 Å². The van der Waals surface area contributed by atoms with Gasteiger partial charge in [0.2, 0.25) is 5.91 Å². The van der Waals surface area contributed by atoms with E-state index < -0.39 is 11.7 Å². The van der Waals surface area contributed by atoms with Gasteiger partial charge < -0.3 is 19.0 Å². The lowest BCUT2D eigenvalue weighted by Crippen LogP contribution is -2.52. The molecule has 1 N–H and O–H groups in total. The van der Waals surface area contributed by atoms with Crippen molar-refractivity contribution in [1.29, 1.82) is 0 Å². The van der Waals surface area contributed by atoms with Gasteiger partial charge >= 0.3 is 5.63 Å². The van der Waals surface area contributed by atoms with E-state index in [1.54, 1.807) is 36.4 Å². The standard InChI is InChI=1S/C26H27N3O5/c1-15(2)23(27-11-19-24(31)18-6-3-4-8-21(18)34-26(19)33)25(32)28-12-16-10-17(14-28)20-7-5-9-22(30)29(20)13-16/h3-9,11,15-17,23,31H,10,12-14H2,1-2H3. The molecule has 1 aromatic carbocycles. The minimum atomic E-state index is -0.706. The Balaban J connectivity index is 1.42. The normalized spacial score (nSPS) is 20.6. The number of piperidine rings is 1. The van der Waals surface area contributed by atoms with Crippen LogP contribution in [0, 0.1) is 11.8 Å². The Bertz CT molecular complexity index is 1400. The van der Waals surface area contributed by atoms with Crippen molar-refractivity contribution in [3.63, 3.8) is 0 Å². The van der Waals surface area contributed by atoms with Crippen molar-refractivity contribution in [3.8, 4) is 5.75 Å². The molecule has 8 heteroatoms. The fourth-order valence-electron chi connectivity index (χ4n) is 5.20. The Morgan fingerprint density at radius 2 is 1.91 bits per heavy atom. The van der Waals surface area contributed by atoms with Gasteiger partial charge in [-0.1, -0.05) is 32.0 Å². The number of nitrogens with zero attached hydrogens (tertiary/aromatic N) is 3. The number of likely N-dealkylation sites (tertiary alicyclic amines) is 1. The summed E-state index contributed by atoms with van der Waals surface area (Å²) in [6.45, 7) is 5.51. The zero-order valence-corrected chi connectivity index (χ0v) is 19.2. The summed E-state index contributed by atoms with van der Waals surface area (Å²) in [5.74, 6) is -0.116. The molecule has 2 bridgehead atoms. The number of hydrogen-bond acceptors (Lipinski definition) is 6. The predicted molar refractivity (Wildman–Crippen MR) is 128 cm³/mol. The van der Waals surface area contributed by atoms with E-state index in [1.165, 1.54) is 6.21 Å². The zero-order valence-electron chi connectivity index (χ0n) is 19.2. The Labute approximate surface area is 196 Å². The lowest BCUT2D eigenvalue weighted by atomic mass is 9.82. The van der Waals surface area contributed by atoms with Crippen LogP contribution in [-0.4, -0.2) is 45.8 Å². The van der Waals surface area contributed by atoms with Crippen LogP contribution in [0.15, 0.2) is 61.5 Å². The van der Waals surface area contributed by atoms with E-state index in [2.05, 4.69) is 4.99 Å². The molecule has 2 aliphatic rings. The van der Waals surface area contributed by atoms with Gasteiger partial charge in [-0.05, 0) is 36.5 Å². The van der Waals surface area contributed by atoms with E-state index in [-0.39, 0.29) is 46.1 Å². The molecule has 2 aliphatic heterocycles. The van der Waals surface area contributed by atoms with Crippen LogP contribution in [-0.2, 0) is 11.3 Å². The largest absolute Gasteiger partial charge is 0.506 e. The fourth-order valence-corrected chi connectivity index (χ4v) is 5.20. The first-order chi connectivity index (χ1) is 16.3. The van der Waals surface area contributed by atoms with Gasteiger partial charge in [0.1, 0.15) is 22.9 Å². The molecule has 3 unspecified atom stereocenters. The Morgan fingerprint density at radius 3 is 2.71 bits per heavy atom. The highest BCUT2D eigenvalue weighted by molar-refractivity contribution is 5.94. The van der Waals surface area contributed by atoms with Gasteiger partial charge in [-0.15, -0.1) is 0 Å². The third-order valence-electron chi connectivity index (χ3n) is 6.86. The minimum Gasteiger partial charge on any atom is -0.506 e. The summed E-state index contributed by atoms with van der Waals surface area (Å²) in [4.78, 5) is 44.5. The van der Waals surface area contributed by atoms with Gasteiger partial charge in [0.15, 0.2) is 0 Å². The molecule has 5 rings (SSSR count). The number of carbonyl (C=O) groups excluding carboxylic acids is 1. The number of hydrogen-bond donors (Lipinski definition) is 1. The maximum Gasteiger partial charge on any atom is 0.348 e. The van der Waals surface area contributed by atoms with Crippen LogP contribution in [0.4, 0.5) is 0 Å². The van der Waals surface area contributed by atoms with Crippen molar-refractivity contribution in [3.05, 3.63) is 74.5 Å². The molecule has 1 fully saturated rings. The monoisotopic (exact) mass is 461 g/mol. The molecule has 1 saturated heterocycles. The SMILES string of the molecule is CC(C)C(N=Cc1c(O)c2ccccc2oc1=O)C(=O)N1CC2CC(C1)c1cccc(=O)n1C2. The molecular formula is C26H27N3O5. The number of aromatic hydroxyl groups is 1. The number of amides is 1. The molecule has 3 aromatic rings. The Hall–Kier alpha value is -3.68. The maximum absolute atomic E-state index is 13.5. The number of aliphatic imine (C=N–C) groups is 1. The summed E-state index contributed by atoms with van der Waals surface area (Å²) in [5, 5.41) is 11.0. The summed E-state index contributed by atoms with van der Waals surface area (Å²) in [5.41, 5.74) is 0.499. The second-order valence-corrected chi connectivity index (χ2v) is 9.56. The van der Waals surface area contributed by atoms with Crippen molar-refractivity contribution in [1.82, 2.24) is 9.47 Å². The van der Waals surface area contributed by atoms with Crippen molar-refractivity contribution in [2.24, 2.45) is 16.8 Å². The lowest BCUT2D eigenvalue weighted by molar-refractivity contribution is -0.136. The number of carbonyl (C=O) groups is 1.